The van der Waals surface area contributed by atoms with Crippen molar-refractivity contribution in [2.45, 2.75) is 64.8 Å². The second-order valence-corrected chi connectivity index (χ2v) is 8.08. The predicted octanol–water partition coefficient (Wildman–Crippen LogP) is 2.75. The van der Waals surface area contributed by atoms with Crippen molar-refractivity contribution >= 4 is 17.5 Å². The van der Waals surface area contributed by atoms with Crippen LogP contribution < -0.4 is 15.4 Å². The number of rotatable bonds is 6. The van der Waals surface area contributed by atoms with Crippen LogP contribution in [0.2, 0.25) is 0 Å². The van der Waals surface area contributed by atoms with Crippen LogP contribution in [0.1, 0.15) is 40.0 Å². The van der Waals surface area contributed by atoms with Crippen LogP contribution in [0.15, 0.2) is 4.79 Å². The summed E-state index contributed by atoms with van der Waals surface area (Å²) in [6.45, 7) is 5.31. The van der Waals surface area contributed by atoms with Crippen LogP contribution in [0.3, 0.4) is 0 Å². The number of ether oxygens (including phenoxy) is 1. The quantitative estimate of drug-likeness (QED) is 0.624. The van der Waals surface area contributed by atoms with Crippen LogP contribution in [-0.2, 0) is 16.1 Å². The molecule has 31 heavy (non-hydrogen) atoms. The van der Waals surface area contributed by atoms with Crippen molar-refractivity contribution in [3.05, 3.63) is 16.2 Å². The van der Waals surface area contributed by atoms with E-state index in [1.165, 1.54) is 4.90 Å². The maximum atomic E-state index is 14.9. The maximum absolute atomic E-state index is 14.9. The maximum Gasteiger partial charge on any atom is 0.408 e. The van der Waals surface area contributed by atoms with E-state index in [0.29, 0.717) is 12.8 Å². The minimum absolute atomic E-state index is 0.253. The molecule has 1 aromatic heterocycles. The van der Waals surface area contributed by atoms with Crippen LogP contribution in [-0.4, -0.2) is 59.9 Å². The van der Waals surface area contributed by atoms with Crippen LogP contribution in [0.4, 0.5) is 29.3 Å². The smallest absolute Gasteiger partial charge is 0.377 e. The molecule has 1 aromatic rings. The van der Waals surface area contributed by atoms with Crippen LogP contribution in [0, 0.1) is 11.7 Å². The summed E-state index contributed by atoms with van der Waals surface area (Å²) >= 11 is 0. The van der Waals surface area contributed by atoms with E-state index in [-0.39, 0.29) is 49.9 Å². The molecule has 1 saturated heterocycles. The van der Waals surface area contributed by atoms with Gasteiger partial charge in [-0.05, 0) is 26.2 Å². The third kappa shape index (κ3) is 4.56. The molecule has 0 aliphatic carbocycles. The second-order valence-electron chi connectivity index (χ2n) is 8.08. The first kappa shape index (κ1) is 23.5. The lowest BCUT2D eigenvalue weighted by molar-refractivity contribution is -0.153. The Morgan fingerprint density at radius 1 is 1.26 bits per heavy atom. The number of morpholine rings is 1. The van der Waals surface area contributed by atoms with E-state index in [0.717, 1.165) is 9.47 Å². The molecule has 0 saturated carbocycles. The molecule has 0 amide bonds. The van der Waals surface area contributed by atoms with Gasteiger partial charge in [-0.1, -0.05) is 13.8 Å². The summed E-state index contributed by atoms with van der Waals surface area (Å²) < 4.78 is 62.6. The van der Waals surface area contributed by atoms with Crippen molar-refractivity contribution in [2.75, 3.05) is 36.1 Å². The molecule has 2 aliphatic heterocycles. The highest BCUT2D eigenvalue weighted by atomic mass is 19.4. The predicted molar refractivity (Wildman–Crippen MR) is 107 cm³/mol. The van der Waals surface area contributed by atoms with E-state index in [9.17, 15) is 27.2 Å². The summed E-state index contributed by atoms with van der Waals surface area (Å²) in [6.07, 6.45) is -4.08. The number of anilines is 2. The molecule has 0 aromatic carbocycles. The third-order valence-electron chi connectivity index (χ3n) is 6.12. The number of carbonyl (C=O) groups is 1. The van der Waals surface area contributed by atoms with E-state index in [1.54, 1.807) is 20.8 Å². The normalized spacial score (nSPS) is 22.1. The molecule has 174 valence electrons. The number of fused-ring (bicyclic) bond motifs is 1. The van der Waals surface area contributed by atoms with E-state index < -0.39 is 42.5 Å². The Morgan fingerprint density at radius 3 is 2.52 bits per heavy atom. The minimum Gasteiger partial charge on any atom is -0.377 e. The zero-order chi connectivity index (χ0) is 22.9. The van der Waals surface area contributed by atoms with Gasteiger partial charge in [0.1, 0.15) is 6.04 Å². The van der Waals surface area contributed by atoms with Crippen molar-refractivity contribution in [3.8, 4) is 0 Å². The van der Waals surface area contributed by atoms with Gasteiger partial charge in [-0.2, -0.15) is 22.5 Å². The summed E-state index contributed by atoms with van der Waals surface area (Å²) in [7, 11) is 0. The van der Waals surface area contributed by atoms with Gasteiger partial charge in [0.2, 0.25) is 11.8 Å². The van der Waals surface area contributed by atoms with Gasteiger partial charge >= 0.3 is 6.18 Å². The van der Waals surface area contributed by atoms with E-state index in [4.69, 9.17) is 4.74 Å². The molecule has 1 fully saturated rings. The highest BCUT2D eigenvalue weighted by Crippen LogP contribution is 2.35. The number of alkyl halides is 3. The van der Waals surface area contributed by atoms with Crippen LogP contribution in [0.25, 0.3) is 0 Å². The van der Waals surface area contributed by atoms with Gasteiger partial charge < -0.3 is 14.5 Å². The molecule has 0 spiro atoms. The fourth-order valence-electron chi connectivity index (χ4n) is 4.27. The first-order valence-corrected chi connectivity index (χ1v) is 10.6. The van der Waals surface area contributed by atoms with Gasteiger partial charge in [-0.3, -0.25) is 14.2 Å². The first-order valence-electron chi connectivity index (χ1n) is 10.6. The zero-order valence-electron chi connectivity index (χ0n) is 17.9. The third-order valence-corrected chi connectivity index (χ3v) is 6.12. The van der Waals surface area contributed by atoms with Crippen LogP contribution in [0.5, 0.6) is 0 Å². The summed E-state index contributed by atoms with van der Waals surface area (Å²) in [5, 5.41) is 0. The molecular formula is C20H28F4N4O3. The summed E-state index contributed by atoms with van der Waals surface area (Å²) in [5.74, 6) is -2.46. The molecule has 7 nitrogen and oxygen atoms in total. The van der Waals surface area contributed by atoms with Crippen molar-refractivity contribution in [1.29, 1.82) is 0 Å². The Morgan fingerprint density at radius 2 is 1.94 bits per heavy atom. The van der Waals surface area contributed by atoms with E-state index >= 15 is 0 Å². The van der Waals surface area contributed by atoms with Gasteiger partial charge in [-0.25, -0.2) is 0 Å². The SMILES string of the molecule is CCC(CC)C(=O)CN1c2nc(N3CCOC[C@H]3C)c(F)c(=O)n2CCC1C(F)(F)F. The number of hydrogen-bond donors (Lipinski definition) is 0. The fourth-order valence-corrected chi connectivity index (χ4v) is 4.27. The average molecular weight is 448 g/mol. The van der Waals surface area contributed by atoms with Crippen molar-refractivity contribution in [3.63, 3.8) is 0 Å². The molecule has 0 bridgehead atoms. The molecule has 2 aliphatic rings. The van der Waals surface area contributed by atoms with E-state index in [1.807, 2.05) is 0 Å². The summed E-state index contributed by atoms with van der Waals surface area (Å²) in [5.41, 5.74) is -1.03. The van der Waals surface area contributed by atoms with Crippen molar-refractivity contribution < 1.29 is 27.1 Å². The molecule has 2 atom stereocenters. The van der Waals surface area contributed by atoms with Gasteiger partial charge in [0, 0.05) is 19.0 Å². The number of ketones is 1. The summed E-state index contributed by atoms with van der Waals surface area (Å²) in [4.78, 5) is 32.0. The second kappa shape index (κ2) is 9.13. The van der Waals surface area contributed by atoms with Gasteiger partial charge in [0.05, 0.1) is 25.8 Å². The molecule has 0 N–H and O–H groups in total. The molecule has 3 heterocycles. The Balaban J connectivity index is 2.10. The highest BCUT2D eigenvalue weighted by Gasteiger charge is 2.48. The lowest BCUT2D eigenvalue weighted by Crippen LogP contribution is -2.55. The summed E-state index contributed by atoms with van der Waals surface area (Å²) in [6, 6.07) is -2.28. The van der Waals surface area contributed by atoms with Gasteiger partial charge in [0.25, 0.3) is 5.56 Å². The van der Waals surface area contributed by atoms with Crippen LogP contribution >= 0.6 is 0 Å². The number of carbonyl (C=O) groups excluding carboxylic acids is 1. The lowest BCUT2D eigenvalue weighted by atomic mass is 9.97. The average Bonchev–Trinajstić information content (AvgIpc) is 2.71. The number of Topliss-reactive ketones (excluding diaryl/α,β-unsaturated/α-hetero) is 1. The number of hydrogen-bond acceptors (Lipinski definition) is 6. The molecule has 0 radical (unpaired) electrons. The minimum atomic E-state index is -4.63. The Labute approximate surface area is 178 Å². The fraction of sp³-hybridized carbons (Fsp3) is 0.750. The van der Waals surface area contributed by atoms with E-state index in [2.05, 4.69) is 4.98 Å². The number of aromatic nitrogens is 2. The topological polar surface area (TPSA) is 67.7 Å². The largest absolute Gasteiger partial charge is 0.408 e. The van der Waals surface area contributed by atoms with Gasteiger partial charge in [0.15, 0.2) is 11.6 Å². The van der Waals surface area contributed by atoms with Crippen molar-refractivity contribution in [2.24, 2.45) is 5.92 Å². The number of nitrogens with zero attached hydrogens (tertiary/aromatic N) is 4. The van der Waals surface area contributed by atoms with Gasteiger partial charge in [-0.15, -0.1) is 0 Å². The standard InChI is InChI=1S/C20H28F4N4O3/c1-4-13(5-2)14(29)10-28-15(20(22,23)24)6-7-27-18(30)16(21)17(25-19(27)28)26-8-9-31-11-12(26)3/h12-13,15H,4-11H2,1-3H3/t12-,15?/m1/s1. The lowest BCUT2D eigenvalue weighted by Gasteiger charge is -2.40. The molecule has 1 unspecified atom stereocenters. The Kier molecular flexibility index (Phi) is 6.92. The zero-order valence-corrected chi connectivity index (χ0v) is 17.9. The first-order chi connectivity index (χ1) is 14.6. The Bertz CT molecular complexity index is 869. The monoisotopic (exact) mass is 448 g/mol. The Hall–Kier alpha value is -2.17. The molecular weight excluding hydrogens is 420 g/mol. The molecule has 11 heteroatoms. The number of halogens is 4. The highest BCUT2D eigenvalue weighted by molar-refractivity contribution is 5.85. The van der Waals surface area contributed by atoms with Crippen molar-refractivity contribution in [1.82, 2.24) is 9.55 Å². The molecule has 3 rings (SSSR count).